The fourth-order valence-electron chi connectivity index (χ4n) is 3.28. The van der Waals surface area contributed by atoms with Gasteiger partial charge in [0.25, 0.3) is 5.89 Å². The van der Waals surface area contributed by atoms with Crippen LogP contribution in [0.25, 0.3) is 11.6 Å². The van der Waals surface area contributed by atoms with Gasteiger partial charge in [0.15, 0.2) is 0 Å². The zero-order chi connectivity index (χ0) is 21.3. The van der Waals surface area contributed by atoms with Crippen molar-refractivity contribution in [2.45, 2.75) is 17.7 Å². The van der Waals surface area contributed by atoms with Crippen LogP contribution in [0, 0.1) is 5.92 Å². The molecule has 1 N–H and O–H groups in total. The number of piperidine rings is 1. The normalized spacial score (nSPS) is 15.9. The number of benzene rings is 1. The van der Waals surface area contributed by atoms with Crippen molar-refractivity contribution < 1.29 is 17.6 Å². The summed E-state index contributed by atoms with van der Waals surface area (Å²) in [6, 6.07) is 7.75. The minimum atomic E-state index is -3.62. The van der Waals surface area contributed by atoms with Crippen LogP contribution in [0.1, 0.15) is 12.8 Å². The van der Waals surface area contributed by atoms with Crippen molar-refractivity contribution in [2.24, 2.45) is 13.0 Å². The molecule has 12 heteroatoms. The maximum atomic E-state index is 12.8. The molecule has 0 atom stereocenters. The first-order valence-electron chi connectivity index (χ1n) is 9.23. The van der Waals surface area contributed by atoms with Gasteiger partial charge in [0.2, 0.25) is 15.9 Å². The summed E-state index contributed by atoms with van der Waals surface area (Å²) in [6.07, 6.45) is 2.38. The van der Waals surface area contributed by atoms with Gasteiger partial charge in [-0.15, -0.1) is 5.10 Å². The zero-order valence-corrected chi connectivity index (χ0v) is 17.6. The highest BCUT2D eigenvalue weighted by molar-refractivity contribution is 7.89. The molecule has 0 bridgehead atoms. The number of hydrogen-bond acceptors (Lipinski definition) is 7. The molecule has 4 rings (SSSR count). The molecule has 0 unspecified atom stereocenters. The molecule has 1 aliphatic rings. The smallest absolute Gasteiger partial charge is 0.322 e. The minimum Gasteiger partial charge on any atom is -0.401 e. The van der Waals surface area contributed by atoms with E-state index in [4.69, 9.17) is 16.0 Å². The molecule has 1 aromatic carbocycles. The Hall–Kier alpha value is -2.76. The molecule has 0 radical (unpaired) electrons. The Bertz CT molecular complexity index is 1150. The van der Waals surface area contributed by atoms with Gasteiger partial charge < -0.3 is 4.42 Å². The van der Waals surface area contributed by atoms with Crippen molar-refractivity contribution in [1.29, 1.82) is 0 Å². The zero-order valence-electron chi connectivity index (χ0n) is 16.0. The molecule has 1 fully saturated rings. The Labute approximate surface area is 177 Å². The quantitative estimate of drug-likeness (QED) is 0.631. The molecule has 3 aromatic rings. The van der Waals surface area contributed by atoms with Crippen molar-refractivity contribution in [3.63, 3.8) is 0 Å². The van der Waals surface area contributed by atoms with E-state index in [1.165, 1.54) is 16.4 Å². The van der Waals surface area contributed by atoms with Crippen LogP contribution in [0.3, 0.4) is 0 Å². The number of nitrogens with zero attached hydrogens (tertiary/aromatic N) is 5. The molecule has 158 valence electrons. The second-order valence-electron chi connectivity index (χ2n) is 6.87. The number of aromatic nitrogens is 4. The van der Waals surface area contributed by atoms with Gasteiger partial charge in [-0.2, -0.15) is 9.40 Å². The first kappa shape index (κ1) is 20.5. The lowest BCUT2D eigenvalue weighted by Crippen LogP contribution is -2.41. The van der Waals surface area contributed by atoms with E-state index in [1.54, 1.807) is 36.1 Å². The number of rotatable bonds is 5. The number of anilines is 1. The Morgan fingerprint density at radius 2 is 1.87 bits per heavy atom. The van der Waals surface area contributed by atoms with Crippen LogP contribution in [0.2, 0.25) is 5.02 Å². The minimum absolute atomic E-state index is 0.00702. The van der Waals surface area contributed by atoms with Crippen molar-refractivity contribution in [3.8, 4) is 11.6 Å². The van der Waals surface area contributed by atoms with Gasteiger partial charge in [0.1, 0.15) is 5.69 Å². The highest BCUT2D eigenvalue weighted by Gasteiger charge is 2.32. The second-order valence-corrected chi connectivity index (χ2v) is 9.25. The molecule has 1 saturated heterocycles. The van der Waals surface area contributed by atoms with Gasteiger partial charge in [-0.05, 0) is 43.2 Å². The van der Waals surface area contributed by atoms with Crippen LogP contribution in [0.4, 0.5) is 6.01 Å². The molecular formula is C18H19ClN6O4S. The summed E-state index contributed by atoms with van der Waals surface area (Å²) in [5, 5.41) is 14.9. The number of hydrogen-bond donors (Lipinski definition) is 1. The largest absolute Gasteiger partial charge is 0.401 e. The van der Waals surface area contributed by atoms with Crippen LogP contribution >= 0.6 is 11.6 Å². The maximum Gasteiger partial charge on any atom is 0.322 e. The molecule has 1 amide bonds. The summed E-state index contributed by atoms with van der Waals surface area (Å²) in [7, 11) is -1.88. The summed E-state index contributed by atoms with van der Waals surface area (Å²) < 4.78 is 33.9. The summed E-state index contributed by atoms with van der Waals surface area (Å²) in [6.45, 7) is 0.486. The standard InChI is InChI=1S/C18H19ClN6O4S/c1-24-15(6-9-20-24)17-22-23-18(29-17)21-16(26)12-7-10-25(11-8-12)30(27,28)14-4-2-13(19)3-5-14/h2-6,9,12H,7-8,10-11H2,1H3,(H,21,23,26). The molecular weight excluding hydrogens is 432 g/mol. The monoisotopic (exact) mass is 450 g/mol. The van der Waals surface area contributed by atoms with E-state index in [0.717, 1.165) is 0 Å². The van der Waals surface area contributed by atoms with Gasteiger partial charge in [-0.25, -0.2) is 8.42 Å². The number of amides is 1. The van der Waals surface area contributed by atoms with Crippen LogP contribution in [0.15, 0.2) is 45.8 Å². The van der Waals surface area contributed by atoms with E-state index < -0.39 is 10.0 Å². The summed E-state index contributed by atoms with van der Waals surface area (Å²) in [5.74, 6) is -0.387. The van der Waals surface area contributed by atoms with Gasteiger partial charge >= 0.3 is 6.01 Å². The van der Waals surface area contributed by atoms with Crippen LogP contribution < -0.4 is 5.32 Å². The van der Waals surface area contributed by atoms with Crippen molar-refractivity contribution in [1.82, 2.24) is 24.3 Å². The maximum absolute atomic E-state index is 12.8. The molecule has 0 spiro atoms. The Morgan fingerprint density at radius 3 is 2.50 bits per heavy atom. The second kappa shape index (κ2) is 8.17. The Morgan fingerprint density at radius 1 is 1.17 bits per heavy atom. The number of carbonyl (C=O) groups is 1. The third-order valence-corrected chi connectivity index (χ3v) is 7.14. The highest BCUT2D eigenvalue weighted by atomic mass is 35.5. The topological polar surface area (TPSA) is 123 Å². The predicted octanol–water partition coefficient (Wildman–Crippen LogP) is 2.16. The highest BCUT2D eigenvalue weighted by Crippen LogP contribution is 2.26. The Kier molecular flexibility index (Phi) is 5.58. The van der Waals surface area contributed by atoms with Crippen LogP contribution in [0.5, 0.6) is 0 Å². The van der Waals surface area contributed by atoms with E-state index in [0.29, 0.717) is 23.6 Å². The number of nitrogens with one attached hydrogen (secondary N) is 1. The molecule has 3 heterocycles. The van der Waals surface area contributed by atoms with Gasteiger partial charge in [0.05, 0.1) is 4.90 Å². The van der Waals surface area contributed by atoms with E-state index in [1.807, 2.05) is 0 Å². The lowest BCUT2D eigenvalue weighted by molar-refractivity contribution is -0.121. The Balaban J connectivity index is 1.36. The SMILES string of the molecule is Cn1nccc1-c1nnc(NC(=O)C2CCN(S(=O)(=O)c3ccc(Cl)cc3)CC2)o1. The molecule has 30 heavy (non-hydrogen) atoms. The fourth-order valence-corrected chi connectivity index (χ4v) is 4.88. The molecule has 0 saturated carbocycles. The van der Waals surface area contributed by atoms with E-state index in [9.17, 15) is 13.2 Å². The van der Waals surface area contributed by atoms with Crippen LogP contribution in [-0.2, 0) is 21.9 Å². The summed E-state index contributed by atoms with van der Waals surface area (Å²) >= 11 is 5.83. The number of carbonyl (C=O) groups excluding carboxylic acids is 1. The van der Waals surface area contributed by atoms with E-state index in [2.05, 4.69) is 20.6 Å². The summed E-state index contributed by atoms with van der Waals surface area (Å²) in [5.41, 5.74) is 0.628. The van der Waals surface area contributed by atoms with Crippen LogP contribution in [-0.4, -0.2) is 51.7 Å². The first-order valence-corrected chi connectivity index (χ1v) is 11.0. The molecule has 2 aromatic heterocycles. The third-order valence-electron chi connectivity index (χ3n) is 4.97. The van der Waals surface area contributed by atoms with Gasteiger partial charge in [-0.3, -0.25) is 14.8 Å². The number of halogens is 1. The van der Waals surface area contributed by atoms with Gasteiger partial charge in [-0.1, -0.05) is 16.7 Å². The first-order chi connectivity index (χ1) is 14.3. The van der Waals surface area contributed by atoms with Gasteiger partial charge in [0, 0.05) is 37.3 Å². The average Bonchev–Trinajstić information content (AvgIpc) is 3.37. The third kappa shape index (κ3) is 4.09. The lowest BCUT2D eigenvalue weighted by Gasteiger charge is -2.30. The van der Waals surface area contributed by atoms with E-state index in [-0.39, 0.29) is 41.7 Å². The fraction of sp³-hybridized carbons (Fsp3) is 0.333. The molecule has 1 aliphatic heterocycles. The van der Waals surface area contributed by atoms with Crippen molar-refractivity contribution in [2.75, 3.05) is 18.4 Å². The average molecular weight is 451 g/mol. The van der Waals surface area contributed by atoms with Crippen molar-refractivity contribution in [3.05, 3.63) is 41.6 Å². The lowest BCUT2D eigenvalue weighted by atomic mass is 9.97. The summed E-state index contributed by atoms with van der Waals surface area (Å²) in [4.78, 5) is 12.7. The molecule has 10 nitrogen and oxygen atoms in total. The molecule has 0 aliphatic carbocycles. The predicted molar refractivity (Wildman–Crippen MR) is 108 cm³/mol. The van der Waals surface area contributed by atoms with E-state index >= 15 is 0 Å². The number of sulfonamides is 1. The van der Waals surface area contributed by atoms with Crippen molar-refractivity contribution >= 4 is 33.5 Å². The number of aryl methyl sites for hydroxylation is 1.